The van der Waals surface area contributed by atoms with Crippen LogP contribution in [0.1, 0.15) is 79.6 Å². The number of esters is 3. The molecule has 5 fully saturated rings. The van der Waals surface area contributed by atoms with Crippen LogP contribution in [-0.4, -0.2) is 46.9 Å². The van der Waals surface area contributed by atoms with E-state index >= 15 is 0 Å². The second kappa shape index (κ2) is 7.19. The number of cyclic esters (lactones) is 1. The minimum absolute atomic E-state index is 0.251. The van der Waals surface area contributed by atoms with E-state index in [1.165, 1.54) is 0 Å². The van der Waals surface area contributed by atoms with Crippen LogP contribution in [0, 0.1) is 28.6 Å². The number of carbonyl (C=O) groups is 3. The Balaban J connectivity index is 1.46. The van der Waals surface area contributed by atoms with Gasteiger partial charge in [-0.15, -0.1) is 0 Å². The predicted molar refractivity (Wildman–Crippen MR) is 111 cm³/mol. The van der Waals surface area contributed by atoms with Gasteiger partial charge in [-0.05, 0) is 77.6 Å². The van der Waals surface area contributed by atoms with E-state index < -0.39 is 46.0 Å². The van der Waals surface area contributed by atoms with Crippen molar-refractivity contribution in [1.29, 1.82) is 0 Å². The van der Waals surface area contributed by atoms with Gasteiger partial charge in [-0.25, -0.2) is 4.79 Å². The van der Waals surface area contributed by atoms with Gasteiger partial charge in [-0.3, -0.25) is 9.59 Å². The Morgan fingerprint density at radius 1 is 1.06 bits per heavy atom. The number of ether oxygens (including phenoxy) is 3. The number of carbonyl (C=O) groups excluding carboxylic acids is 3. The fourth-order valence-electron chi connectivity index (χ4n) is 6.70. The highest BCUT2D eigenvalue weighted by Gasteiger charge is 2.60. The maximum Gasteiger partial charge on any atom is 0.347 e. The molecule has 5 rings (SSSR count). The Morgan fingerprint density at radius 2 is 1.65 bits per heavy atom. The lowest BCUT2D eigenvalue weighted by molar-refractivity contribution is -0.228. The molecule has 1 heterocycles. The molecule has 0 aromatic carbocycles. The summed E-state index contributed by atoms with van der Waals surface area (Å²) in [5, 5.41) is 11.0. The summed E-state index contributed by atoms with van der Waals surface area (Å²) in [5.41, 5.74) is -3.26. The standard InChI is InChI=1S/C24H36O7/c1-14(21(2,3)19(26)30-17-6-7-29-18(17)25)22(4,5)20(27)31-24-11-15-8-16(12-24)10-23(28,9-15)13-24/h14-17,28H,6-13H2,1-5H3. The van der Waals surface area contributed by atoms with Crippen molar-refractivity contribution in [2.75, 3.05) is 6.61 Å². The largest absolute Gasteiger partial charge is 0.463 e. The summed E-state index contributed by atoms with van der Waals surface area (Å²) >= 11 is 0. The zero-order valence-corrected chi connectivity index (χ0v) is 19.4. The molecule has 31 heavy (non-hydrogen) atoms. The van der Waals surface area contributed by atoms with Crippen molar-refractivity contribution in [2.24, 2.45) is 28.6 Å². The second-order valence-corrected chi connectivity index (χ2v) is 11.8. The molecule has 0 aromatic rings. The summed E-state index contributed by atoms with van der Waals surface area (Å²) in [6.07, 6.45) is 4.36. The summed E-state index contributed by atoms with van der Waals surface area (Å²) < 4.78 is 16.5. The molecule has 1 aliphatic heterocycles. The van der Waals surface area contributed by atoms with Crippen LogP contribution < -0.4 is 0 Å². The third-order valence-corrected chi connectivity index (χ3v) is 8.64. The molecule has 4 saturated carbocycles. The van der Waals surface area contributed by atoms with Crippen LogP contribution in [0.4, 0.5) is 0 Å². The highest BCUT2D eigenvalue weighted by atomic mass is 16.6. The van der Waals surface area contributed by atoms with E-state index in [1.54, 1.807) is 27.7 Å². The molecule has 7 nitrogen and oxygen atoms in total. The Kier molecular flexibility index (Phi) is 5.23. The van der Waals surface area contributed by atoms with Gasteiger partial charge in [0.2, 0.25) is 6.10 Å². The fourth-order valence-corrected chi connectivity index (χ4v) is 6.70. The Hall–Kier alpha value is -1.63. The third-order valence-electron chi connectivity index (χ3n) is 8.64. The smallest absolute Gasteiger partial charge is 0.347 e. The molecule has 4 bridgehead atoms. The molecule has 4 atom stereocenters. The van der Waals surface area contributed by atoms with E-state index in [0.717, 1.165) is 32.1 Å². The van der Waals surface area contributed by atoms with Crippen LogP contribution in [0.15, 0.2) is 0 Å². The zero-order valence-electron chi connectivity index (χ0n) is 19.4. The normalized spacial score (nSPS) is 38.0. The molecule has 4 aliphatic carbocycles. The van der Waals surface area contributed by atoms with Crippen molar-refractivity contribution in [2.45, 2.75) is 96.9 Å². The Bertz CT molecular complexity index is 769. The minimum atomic E-state index is -1.01. The van der Waals surface area contributed by atoms with Crippen molar-refractivity contribution in [3.8, 4) is 0 Å². The Labute approximate surface area is 184 Å². The molecule has 7 heteroatoms. The summed E-state index contributed by atoms with van der Waals surface area (Å²) in [6, 6.07) is 0. The van der Waals surface area contributed by atoms with Gasteiger partial charge in [0.25, 0.3) is 0 Å². The predicted octanol–water partition coefficient (Wildman–Crippen LogP) is 3.16. The van der Waals surface area contributed by atoms with Crippen LogP contribution in [0.5, 0.6) is 0 Å². The van der Waals surface area contributed by atoms with Crippen molar-refractivity contribution in [1.82, 2.24) is 0 Å². The molecule has 0 spiro atoms. The van der Waals surface area contributed by atoms with Gasteiger partial charge < -0.3 is 19.3 Å². The van der Waals surface area contributed by atoms with E-state index in [2.05, 4.69) is 0 Å². The average molecular weight is 437 g/mol. The molecule has 174 valence electrons. The first-order valence-electron chi connectivity index (χ1n) is 11.6. The SMILES string of the molecule is CC(C(C)(C)C(=O)OC1CCOC1=O)C(C)(C)C(=O)OC12CC3CC(CC(O)(C3)C1)C2. The molecular formula is C24H36O7. The highest BCUT2D eigenvalue weighted by molar-refractivity contribution is 5.84. The highest BCUT2D eigenvalue weighted by Crippen LogP contribution is 2.59. The molecule has 4 unspecified atom stereocenters. The van der Waals surface area contributed by atoms with Crippen molar-refractivity contribution < 1.29 is 33.7 Å². The van der Waals surface area contributed by atoms with Gasteiger partial charge in [0, 0.05) is 12.8 Å². The lowest BCUT2D eigenvalue weighted by atomic mass is 9.52. The van der Waals surface area contributed by atoms with E-state index in [1.807, 2.05) is 6.92 Å². The number of rotatable bonds is 6. The summed E-state index contributed by atoms with van der Waals surface area (Å²) in [6.45, 7) is 9.18. The third kappa shape index (κ3) is 3.87. The van der Waals surface area contributed by atoms with Gasteiger partial charge >= 0.3 is 17.9 Å². The molecule has 0 radical (unpaired) electrons. The zero-order chi connectivity index (χ0) is 22.8. The second-order valence-electron chi connectivity index (χ2n) is 11.8. The fraction of sp³-hybridized carbons (Fsp3) is 0.875. The molecule has 5 aliphatic rings. The van der Waals surface area contributed by atoms with Crippen LogP contribution in [0.25, 0.3) is 0 Å². The minimum Gasteiger partial charge on any atom is -0.463 e. The average Bonchev–Trinajstić information content (AvgIpc) is 3.03. The molecule has 1 N–H and O–H groups in total. The van der Waals surface area contributed by atoms with Crippen molar-refractivity contribution in [3.63, 3.8) is 0 Å². The first kappa shape index (κ1) is 22.6. The van der Waals surface area contributed by atoms with Gasteiger partial charge in [0.1, 0.15) is 5.60 Å². The van der Waals surface area contributed by atoms with Gasteiger partial charge in [-0.1, -0.05) is 6.92 Å². The monoisotopic (exact) mass is 436 g/mol. The maximum atomic E-state index is 13.4. The Morgan fingerprint density at radius 3 is 2.16 bits per heavy atom. The molecule has 1 saturated heterocycles. The topological polar surface area (TPSA) is 99.1 Å². The summed E-state index contributed by atoms with van der Waals surface area (Å²) in [7, 11) is 0. The van der Waals surface area contributed by atoms with Crippen molar-refractivity contribution in [3.05, 3.63) is 0 Å². The quantitative estimate of drug-likeness (QED) is 0.504. The van der Waals surface area contributed by atoms with Crippen LogP contribution in [0.3, 0.4) is 0 Å². The number of aliphatic hydroxyl groups is 1. The van der Waals surface area contributed by atoms with Crippen LogP contribution >= 0.6 is 0 Å². The first-order chi connectivity index (χ1) is 14.3. The van der Waals surface area contributed by atoms with E-state index in [-0.39, 0.29) is 12.6 Å². The van der Waals surface area contributed by atoms with Crippen LogP contribution in [0.2, 0.25) is 0 Å². The maximum absolute atomic E-state index is 13.4. The van der Waals surface area contributed by atoms with Crippen LogP contribution in [-0.2, 0) is 28.6 Å². The molecule has 0 amide bonds. The summed E-state index contributed by atoms with van der Waals surface area (Å²) in [5.74, 6) is -0.959. The summed E-state index contributed by atoms with van der Waals surface area (Å²) in [4.78, 5) is 38.0. The lowest BCUT2D eigenvalue weighted by Crippen LogP contribution is -2.61. The van der Waals surface area contributed by atoms with E-state index in [0.29, 0.717) is 24.7 Å². The molecule has 0 aromatic heterocycles. The first-order valence-corrected chi connectivity index (χ1v) is 11.6. The van der Waals surface area contributed by atoms with Gasteiger partial charge in [0.05, 0.1) is 23.0 Å². The molecular weight excluding hydrogens is 400 g/mol. The van der Waals surface area contributed by atoms with Gasteiger partial charge in [0.15, 0.2) is 0 Å². The van der Waals surface area contributed by atoms with E-state index in [9.17, 15) is 19.5 Å². The lowest BCUT2D eigenvalue weighted by Gasteiger charge is -2.59. The van der Waals surface area contributed by atoms with Gasteiger partial charge in [-0.2, -0.15) is 0 Å². The van der Waals surface area contributed by atoms with E-state index in [4.69, 9.17) is 14.2 Å². The van der Waals surface area contributed by atoms with Crippen molar-refractivity contribution >= 4 is 17.9 Å². The number of hydrogen-bond donors (Lipinski definition) is 1. The number of hydrogen-bond acceptors (Lipinski definition) is 7.